The Morgan fingerprint density at radius 2 is 1.81 bits per heavy atom. The molecule has 6 nitrogen and oxygen atoms in total. The Bertz CT molecular complexity index is 905. The number of anilines is 1. The van der Waals surface area contributed by atoms with Crippen LogP contribution in [0.3, 0.4) is 0 Å². The molecule has 138 valence electrons. The molecule has 0 fully saturated rings. The lowest BCUT2D eigenvalue weighted by Gasteiger charge is -2.09. The highest BCUT2D eigenvalue weighted by Crippen LogP contribution is 2.17. The molecular formula is C19H16F2N4O2. The van der Waals surface area contributed by atoms with Crippen molar-refractivity contribution in [2.45, 2.75) is 0 Å². The minimum Gasteiger partial charge on any atom is -0.475 e. The zero-order chi connectivity index (χ0) is 19.1. The molecule has 27 heavy (non-hydrogen) atoms. The number of nitrogens with zero attached hydrogens (tertiary/aromatic N) is 2. The summed E-state index contributed by atoms with van der Waals surface area (Å²) in [4.78, 5) is 11.7. The maximum atomic E-state index is 13.5. The number of hydrogen-bond acceptors (Lipinski definition) is 4. The second-order valence-electron chi connectivity index (χ2n) is 5.48. The van der Waals surface area contributed by atoms with E-state index in [9.17, 15) is 13.6 Å². The molecule has 0 aliphatic heterocycles. The molecule has 2 aromatic carbocycles. The summed E-state index contributed by atoms with van der Waals surface area (Å²) in [6.07, 6.45) is 0. The predicted octanol–water partition coefficient (Wildman–Crippen LogP) is 3.62. The highest BCUT2D eigenvalue weighted by molar-refractivity contribution is 5.89. The Morgan fingerprint density at radius 1 is 1.00 bits per heavy atom. The normalized spacial score (nSPS) is 10.3. The predicted molar refractivity (Wildman–Crippen MR) is 96.3 cm³/mol. The fourth-order valence-electron chi connectivity index (χ4n) is 2.24. The van der Waals surface area contributed by atoms with Gasteiger partial charge in [-0.25, -0.2) is 13.6 Å². The molecule has 0 aliphatic rings. The van der Waals surface area contributed by atoms with Crippen LogP contribution in [0.4, 0.5) is 19.3 Å². The van der Waals surface area contributed by atoms with Crippen molar-refractivity contribution < 1.29 is 18.3 Å². The van der Waals surface area contributed by atoms with Gasteiger partial charge in [0.2, 0.25) is 5.88 Å². The quantitative estimate of drug-likeness (QED) is 0.650. The smallest absolute Gasteiger partial charge is 0.319 e. The van der Waals surface area contributed by atoms with Crippen LogP contribution in [0, 0.1) is 11.6 Å². The highest BCUT2D eigenvalue weighted by atomic mass is 19.1. The first-order valence-electron chi connectivity index (χ1n) is 8.14. The molecule has 0 saturated heterocycles. The zero-order valence-corrected chi connectivity index (χ0v) is 14.2. The average Bonchev–Trinajstić information content (AvgIpc) is 2.69. The molecule has 0 unspecified atom stereocenters. The van der Waals surface area contributed by atoms with E-state index in [4.69, 9.17) is 4.74 Å². The van der Waals surface area contributed by atoms with Gasteiger partial charge in [-0.05, 0) is 18.2 Å². The summed E-state index contributed by atoms with van der Waals surface area (Å²) in [6.45, 7) is 0.315. The molecule has 2 amide bonds. The van der Waals surface area contributed by atoms with Crippen LogP contribution in [-0.2, 0) is 0 Å². The monoisotopic (exact) mass is 370 g/mol. The van der Waals surface area contributed by atoms with Gasteiger partial charge in [-0.3, -0.25) is 0 Å². The van der Waals surface area contributed by atoms with Gasteiger partial charge < -0.3 is 15.4 Å². The first-order chi connectivity index (χ1) is 13.1. The molecule has 0 spiro atoms. The minimum atomic E-state index is -0.852. The molecule has 3 rings (SSSR count). The average molecular weight is 370 g/mol. The second-order valence-corrected chi connectivity index (χ2v) is 5.48. The fraction of sp³-hybridized carbons (Fsp3) is 0.105. The van der Waals surface area contributed by atoms with Gasteiger partial charge in [-0.15, -0.1) is 10.2 Å². The molecule has 3 aromatic rings. The van der Waals surface area contributed by atoms with E-state index in [2.05, 4.69) is 20.8 Å². The standard InChI is InChI=1S/C19H16F2N4O2/c20-14-6-7-17(15(21)12-14)23-19(26)22-10-11-27-18-9-8-16(24-25-18)13-4-2-1-3-5-13/h1-9,12H,10-11H2,(H2,22,23,26). The number of aromatic nitrogens is 2. The summed E-state index contributed by atoms with van der Waals surface area (Å²) in [7, 11) is 0. The number of rotatable bonds is 6. The van der Waals surface area contributed by atoms with Gasteiger partial charge in [0.1, 0.15) is 18.2 Å². The number of carbonyl (C=O) groups excluding carboxylic acids is 1. The molecule has 0 atom stereocenters. The third-order valence-electron chi connectivity index (χ3n) is 3.53. The largest absolute Gasteiger partial charge is 0.475 e. The zero-order valence-electron chi connectivity index (χ0n) is 14.2. The van der Waals surface area contributed by atoms with Gasteiger partial charge in [-0.2, -0.15) is 0 Å². The van der Waals surface area contributed by atoms with Gasteiger partial charge in [0, 0.05) is 17.7 Å². The molecule has 1 heterocycles. The molecule has 0 bridgehead atoms. The van der Waals surface area contributed by atoms with Crippen LogP contribution in [0.2, 0.25) is 0 Å². The Morgan fingerprint density at radius 3 is 2.52 bits per heavy atom. The second kappa shape index (κ2) is 8.70. The van der Waals surface area contributed by atoms with Crippen molar-refractivity contribution in [3.63, 3.8) is 0 Å². The lowest BCUT2D eigenvalue weighted by Crippen LogP contribution is -2.32. The molecule has 0 saturated carbocycles. The maximum absolute atomic E-state index is 13.5. The molecule has 2 N–H and O–H groups in total. The van der Waals surface area contributed by atoms with Crippen molar-refractivity contribution in [3.8, 4) is 17.1 Å². The van der Waals surface area contributed by atoms with E-state index in [1.807, 2.05) is 30.3 Å². The molecular weight excluding hydrogens is 354 g/mol. The van der Waals surface area contributed by atoms with E-state index >= 15 is 0 Å². The van der Waals surface area contributed by atoms with Gasteiger partial charge >= 0.3 is 6.03 Å². The summed E-state index contributed by atoms with van der Waals surface area (Å²) in [5.41, 5.74) is 1.56. The summed E-state index contributed by atoms with van der Waals surface area (Å²) < 4.78 is 31.7. The molecule has 8 heteroatoms. The van der Waals surface area contributed by atoms with Crippen molar-refractivity contribution in [3.05, 3.63) is 72.3 Å². The summed E-state index contributed by atoms with van der Waals surface area (Å²) in [5, 5.41) is 12.8. The summed E-state index contributed by atoms with van der Waals surface area (Å²) in [6, 6.07) is 15.3. The number of carbonyl (C=O) groups is 1. The lowest BCUT2D eigenvalue weighted by atomic mass is 10.1. The van der Waals surface area contributed by atoms with Crippen LogP contribution in [0.1, 0.15) is 0 Å². The van der Waals surface area contributed by atoms with Crippen LogP contribution in [0.25, 0.3) is 11.3 Å². The Kier molecular flexibility index (Phi) is 5.88. The lowest BCUT2D eigenvalue weighted by molar-refractivity contribution is 0.246. The number of nitrogens with one attached hydrogen (secondary N) is 2. The number of amides is 2. The van der Waals surface area contributed by atoms with Crippen molar-refractivity contribution >= 4 is 11.7 Å². The van der Waals surface area contributed by atoms with Gasteiger partial charge in [0.25, 0.3) is 0 Å². The van der Waals surface area contributed by atoms with E-state index in [0.717, 1.165) is 23.4 Å². The van der Waals surface area contributed by atoms with Crippen molar-refractivity contribution in [2.75, 3.05) is 18.5 Å². The third kappa shape index (κ3) is 5.21. The summed E-state index contributed by atoms with van der Waals surface area (Å²) >= 11 is 0. The Labute approximate surface area is 154 Å². The van der Waals surface area contributed by atoms with Crippen molar-refractivity contribution in [1.29, 1.82) is 0 Å². The number of halogens is 2. The van der Waals surface area contributed by atoms with Crippen LogP contribution < -0.4 is 15.4 Å². The minimum absolute atomic E-state index is 0.114. The summed E-state index contributed by atoms with van der Waals surface area (Å²) in [5.74, 6) is -1.25. The maximum Gasteiger partial charge on any atom is 0.319 e. The topological polar surface area (TPSA) is 76.1 Å². The number of urea groups is 1. The van der Waals surface area contributed by atoms with Crippen LogP contribution in [-0.4, -0.2) is 29.4 Å². The third-order valence-corrected chi connectivity index (χ3v) is 3.53. The van der Waals surface area contributed by atoms with Crippen LogP contribution in [0.5, 0.6) is 5.88 Å². The SMILES string of the molecule is O=C(NCCOc1ccc(-c2ccccc2)nn1)Nc1ccc(F)cc1F. The van der Waals surface area contributed by atoms with E-state index in [1.54, 1.807) is 12.1 Å². The van der Waals surface area contributed by atoms with Crippen LogP contribution in [0.15, 0.2) is 60.7 Å². The Hall–Kier alpha value is -3.55. The van der Waals surface area contributed by atoms with Crippen molar-refractivity contribution in [1.82, 2.24) is 15.5 Å². The van der Waals surface area contributed by atoms with E-state index in [0.29, 0.717) is 11.9 Å². The van der Waals surface area contributed by atoms with Gasteiger partial charge in [-0.1, -0.05) is 30.3 Å². The van der Waals surface area contributed by atoms with E-state index in [1.165, 1.54) is 0 Å². The van der Waals surface area contributed by atoms with Crippen molar-refractivity contribution in [2.24, 2.45) is 0 Å². The van der Waals surface area contributed by atoms with Crippen LogP contribution >= 0.6 is 0 Å². The van der Waals surface area contributed by atoms with Gasteiger partial charge in [0.15, 0.2) is 0 Å². The first-order valence-corrected chi connectivity index (χ1v) is 8.14. The number of ether oxygens (including phenoxy) is 1. The molecule has 1 aromatic heterocycles. The fourth-order valence-corrected chi connectivity index (χ4v) is 2.24. The van der Waals surface area contributed by atoms with Gasteiger partial charge in [0.05, 0.1) is 17.9 Å². The number of hydrogen-bond donors (Lipinski definition) is 2. The van der Waals surface area contributed by atoms with E-state index in [-0.39, 0.29) is 18.8 Å². The van der Waals surface area contributed by atoms with E-state index < -0.39 is 17.7 Å². The Balaban J connectivity index is 1.42. The molecule has 0 radical (unpaired) electrons. The first kappa shape index (κ1) is 18.2. The number of benzene rings is 2. The highest BCUT2D eigenvalue weighted by Gasteiger charge is 2.07. The molecule has 0 aliphatic carbocycles.